The van der Waals surface area contributed by atoms with Gasteiger partial charge < -0.3 is 5.11 Å². The molecule has 1 fully saturated rings. The molecule has 1 saturated carbocycles. The van der Waals surface area contributed by atoms with Crippen LogP contribution in [0.15, 0.2) is 24.3 Å². The molecule has 0 radical (unpaired) electrons. The third kappa shape index (κ3) is 1.64. The topological polar surface area (TPSA) is 33.1 Å². The summed E-state index contributed by atoms with van der Waals surface area (Å²) < 4.78 is 1.25. The van der Waals surface area contributed by atoms with E-state index in [-0.39, 0.29) is 5.41 Å². The summed E-state index contributed by atoms with van der Waals surface area (Å²) in [7, 11) is 0. The Morgan fingerprint density at radius 2 is 2.12 bits per heavy atom. The fraction of sp³-hybridized carbons (Fsp3) is 0.462. The van der Waals surface area contributed by atoms with Gasteiger partial charge in [0, 0.05) is 13.0 Å². The maximum absolute atomic E-state index is 9.45. The smallest absolute Gasteiger partial charge is 0.0945 e. The second kappa shape index (κ2) is 3.82. The van der Waals surface area contributed by atoms with Crippen molar-refractivity contribution in [3.05, 3.63) is 29.3 Å². The molecule has 2 nitrogen and oxygen atoms in total. The lowest BCUT2D eigenvalue weighted by molar-refractivity contribution is 0.0450. The van der Waals surface area contributed by atoms with Crippen molar-refractivity contribution in [3.8, 4) is 0 Å². The second-order valence-electron chi connectivity index (χ2n) is 4.76. The Kier molecular flexibility index (Phi) is 2.45. The highest BCUT2D eigenvalue weighted by molar-refractivity contribution is 7.18. The molecule has 16 heavy (non-hydrogen) atoms. The zero-order chi connectivity index (χ0) is 11.0. The molecule has 0 spiro atoms. The van der Waals surface area contributed by atoms with Crippen LogP contribution in [0.3, 0.4) is 0 Å². The Bertz CT molecular complexity index is 463. The quantitative estimate of drug-likeness (QED) is 0.884. The van der Waals surface area contributed by atoms with Gasteiger partial charge in [0.15, 0.2) is 0 Å². The van der Waals surface area contributed by atoms with E-state index >= 15 is 0 Å². The minimum atomic E-state index is 0.147. The van der Waals surface area contributed by atoms with Gasteiger partial charge in [-0.25, -0.2) is 4.98 Å². The summed E-state index contributed by atoms with van der Waals surface area (Å²) in [5.74, 6) is 0. The molecule has 0 bridgehead atoms. The number of aliphatic hydroxyl groups is 1. The maximum atomic E-state index is 9.45. The summed E-state index contributed by atoms with van der Waals surface area (Å²) in [6.45, 7) is 0.308. The maximum Gasteiger partial charge on any atom is 0.0945 e. The van der Waals surface area contributed by atoms with Gasteiger partial charge in [0.1, 0.15) is 0 Å². The van der Waals surface area contributed by atoms with Crippen molar-refractivity contribution in [2.75, 3.05) is 6.61 Å². The van der Waals surface area contributed by atoms with E-state index in [1.807, 2.05) is 6.07 Å². The van der Waals surface area contributed by atoms with Crippen molar-refractivity contribution in [3.63, 3.8) is 0 Å². The first-order valence-corrected chi connectivity index (χ1v) is 6.58. The summed E-state index contributed by atoms with van der Waals surface area (Å²) in [6, 6.07) is 8.25. The van der Waals surface area contributed by atoms with Crippen molar-refractivity contribution in [2.45, 2.75) is 25.7 Å². The van der Waals surface area contributed by atoms with E-state index in [1.165, 1.54) is 16.1 Å². The van der Waals surface area contributed by atoms with Gasteiger partial charge in [0.2, 0.25) is 0 Å². The summed E-state index contributed by atoms with van der Waals surface area (Å²) in [5.41, 5.74) is 1.24. The molecule has 1 aliphatic rings. The summed E-state index contributed by atoms with van der Waals surface area (Å²) >= 11 is 1.77. The SMILES string of the molecule is OCC1(Cc2nc3ccccc3s2)CCC1. The highest BCUT2D eigenvalue weighted by Crippen LogP contribution is 2.44. The third-order valence-corrected chi connectivity index (χ3v) is 4.65. The van der Waals surface area contributed by atoms with E-state index in [0.29, 0.717) is 6.61 Å². The molecule has 1 aliphatic carbocycles. The minimum Gasteiger partial charge on any atom is -0.396 e. The van der Waals surface area contributed by atoms with Crippen LogP contribution in [0.2, 0.25) is 0 Å². The molecule has 1 aromatic carbocycles. The molecule has 3 rings (SSSR count). The monoisotopic (exact) mass is 233 g/mol. The predicted molar refractivity (Wildman–Crippen MR) is 66.7 cm³/mol. The molecule has 0 aliphatic heterocycles. The first-order chi connectivity index (χ1) is 7.81. The van der Waals surface area contributed by atoms with Crippen molar-refractivity contribution in [1.82, 2.24) is 4.98 Å². The Labute approximate surface area is 99.0 Å². The van der Waals surface area contributed by atoms with Crippen molar-refractivity contribution in [2.24, 2.45) is 5.41 Å². The Morgan fingerprint density at radius 1 is 1.31 bits per heavy atom. The first kappa shape index (κ1) is 10.2. The molecule has 1 heterocycles. The fourth-order valence-electron chi connectivity index (χ4n) is 2.38. The molecule has 3 heteroatoms. The zero-order valence-corrected chi connectivity index (χ0v) is 9.96. The van der Waals surface area contributed by atoms with E-state index in [9.17, 15) is 5.11 Å². The summed E-state index contributed by atoms with van der Waals surface area (Å²) in [5, 5.41) is 10.6. The summed E-state index contributed by atoms with van der Waals surface area (Å²) in [4.78, 5) is 4.63. The number of aliphatic hydroxyl groups excluding tert-OH is 1. The zero-order valence-electron chi connectivity index (χ0n) is 9.15. The lowest BCUT2D eigenvalue weighted by Gasteiger charge is -2.39. The van der Waals surface area contributed by atoms with Crippen LogP contribution in [0.5, 0.6) is 0 Å². The molecular formula is C13H15NOS. The number of benzene rings is 1. The lowest BCUT2D eigenvalue weighted by atomic mass is 9.67. The predicted octanol–water partition coefficient (Wildman–Crippen LogP) is 3.00. The fourth-order valence-corrected chi connectivity index (χ4v) is 3.52. The molecule has 0 amide bonds. The van der Waals surface area contributed by atoms with Crippen molar-refractivity contribution in [1.29, 1.82) is 0 Å². The van der Waals surface area contributed by atoms with Crippen LogP contribution in [0.25, 0.3) is 10.2 Å². The Hall–Kier alpha value is -0.930. The molecule has 0 unspecified atom stereocenters. The van der Waals surface area contributed by atoms with E-state index in [0.717, 1.165) is 24.8 Å². The van der Waals surface area contributed by atoms with Gasteiger partial charge in [-0.1, -0.05) is 18.6 Å². The number of rotatable bonds is 3. The normalized spacial score (nSPS) is 18.6. The van der Waals surface area contributed by atoms with Gasteiger partial charge >= 0.3 is 0 Å². The lowest BCUT2D eigenvalue weighted by Crippen LogP contribution is -2.35. The number of nitrogens with zero attached hydrogens (tertiary/aromatic N) is 1. The van der Waals surface area contributed by atoms with Crippen LogP contribution in [0.1, 0.15) is 24.3 Å². The van der Waals surface area contributed by atoms with Crippen molar-refractivity contribution >= 4 is 21.6 Å². The molecule has 1 N–H and O–H groups in total. The third-order valence-electron chi connectivity index (χ3n) is 3.61. The molecule has 0 atom stereocenters. The summed E-state index contributed by atoms with van der Waals surface area (Å²) in [6.07, 6.45) is 4.51. The van der Waals surface area contributed by atoms with Gasteiger partial charge in [-0.2, -0.15) is 0 Å². The number of thiazole rings is 1. The van der Waals surface area contributed by atoms with Gasteiger partial charge in [0.05, 0.1) is 15.2 Å². The van der Waals surface area contributed by atoms with Gasteiger partial charge in [-0.05, 0) is 30.4 Å². The number of aromatic nitrogens is 1. The van der Waals surface area contributed by atoms with Crippen LogP contribution in [-0.2, 0) is 6.42 Å². The van der Waals surface area contributed by atoms with Crippen LogP contribution < -0.4 is 0 Å². The Balaban J connectivity index is 1.89. The Morgan fingerprint density at radius 3 is 2.75 bits per heavy atom. The minimum absolute atomic E-state index is 0.147. The van der Waals surface area contributed by atoms with E-state index in [1.54, 1.807) is 11.3 Å². The second-order valence-corrected chi connectivity index (χ2v) is 5.88. The first-order valence-electron chi connectivity index (χ1n) is 5.77. The number of para-hydroxylation sites is 1. The number of fused-ring (bicyclic) bond motifs is 1. The number of hydrogen-bond acceptors (Lipinski definition) is 3. The average molecular weight is 233 g/mol. The van der Waals surface area contributed by atoms with Gasteiger partial charge in [-0.15, -0.1) is 11.3 Å². The van der Waals surface area contributed by atoms with Crippen LogP contribution in [-0.4, -0.2) is 16.7 Å². The van der Waals surface area contributed by atoms with Crippen LogP contribution in [0.4, 0.5) is 0 Å². The molecule has 1 aromatic heterocycles. The van der Waals surface area contributed by atoms with Crippen molar-refractivity contribution < 1.29 is 5.11 Å². The van der Waals surface area contributed by atoms with E-state index in [4.69, 9.17) is 0 Å². The van der Waals surface area contributed by atoms with Crippen LogP contribution in [0, 0.1) is 5.41 Å². The van der Waals surface area contributed by atoms with E-state index < -0.39 is 0 Å². The average Bonchev–Trinajstić information content (AvgIpc) is 2.65. The highest BCUT2D eigenvalue weighted by atomic mass is 32.1. The van der Waals surface area contributed by atoms with Crippen LogP contribution >= 0.6 is 11.3 Å². The standard InChI is InChI=1S/C13H15NOS/c15-9-13(6-3-7-13)8-12-14-10-4-1-2-5-11(10)16-12/h1-2,4-5,15H,3,6-9H2. The molecule has 2 aromatic rings. The van der Waals surface area contributed by atoms with Gasteiger partial charge in [0.25, 0.3) is 0 Å². The largest absolute Gasteiger partial charge is 0.396 e. The highest BCUT2D eigenvalue weighted by Gasteiger charge is 2.37. The molecular weight excluding hydrogens is 218 g/mol. The molecule has 84 valence electrons. The number of hydrogen-bond donors (Lipinski definition) is 1. The van der Waals surface area contributed by atoms with Gasteiger partial charge in [-0.3, -0.25) is 0 Å². The molecule has 0 saturated heterocycles. The van der Waals surface area contributed by atoms with E-state index in [2.05, 4.69) is 23.2 Å².